The van der Waals surface area contributed by atoms with Gasteiger partial charge in [0, 0.05) is 6.20 Å². The quantitative estimate of drug-likeness (QED) is 0.302. The summed E-state index contributed by atoms with van der Waals surface area (Å²) < 4.78 is 17.5. The summed E-state index contributed by atoms with van der Waals surface area (Å²) in [5, 5.41) is 2.79. The van der Waals surface area contributed by atoms with E-state index in [4.69, 9.17) is 14.2 Å². The summed E-state index contributed by atoms with van der Waals surface area (Å²) in [6.45, 7) is 8.01. The maximum Gasteiger partial charge on any atom is 0.338 e. The van der Waals surface area contributed by atoms with Crippen molar-refractivity contribution in [3.8, 4) is 11.5 Å². The number of nitrogens with zero attached hydrogens (tertiary/aromatic N) is 2. The number of aliphatic imine (C=N–C) groups is 1. The van der Waals surface area contributed by atoms with Gasteiger partial charge in [-0.15, -0.1) is 0 Å². The number of allylic oxidation sites excluding steroid dienone is 1. The van der Waals surface area contributed by atoms with Crippen molar-refractivity contribution in [1.82, 2.24) is 4.90 Å². The average Bonchev–Trinajstić information content (AvgIpc) is 3.13. The molecule has 1 atom stereocenters. The van der Waals surface area contributed by atoms with Gasteiger partial charge in [0.15, 0.2) is 16.7 Å². The van der Waals surface area contributed by atoms with E-state index in [0.717, 1.165) is 14.3 Å². The molecule has 0 spiro atoms. The van der Waals surface area contributed by atoms with Crippen molar-refractivity contribution < 1.29 is 19.0 Å². The third kappa shape index (κ3) is 3.93. The first-order chi connectivity index (χ1) is 13.5. The molecule has 1 aromatic rings. The van der Waals surface area contributed by atoms with Gasteiger partial charge in [-0.3, -0.25) is 0 Å². The van der Waals surface area contributed by atoms with E-state index in [0.29, 0.717) is 36.0 Å². The Morgan fingerprint density at radius 1 is 1.46 bits per heavy atom. The predicted octanol–water partition coefficient (Wildman–Crippen LogP) is 4.63. The zero-order valence-electron chi connectivity index (χ0n) is 15.9. The summed E-state index contributed by atoms with van der Waals surface area (Å²) in [6, 6.07) is 3.55. The molecule has 3 rings (SSSR count). The van der Waals surface area contributed by atoms with Crippen LogP contribution in [0.3, 0.4) is 0 Å². The molecule has 2 aliphatic heterocycles. The highest BCUT2D eigenvalue weighted by atomic mass is 127. The lowest BCUT2D eigenvalue weighted by Crippen LogP contribution is -2.34. The van der Waals surface area contributed by atoms with Crippen molar-refractivity contribution in [1.29, 1.82) is 0 Å². The normalized spacial score (nSPS) is 17.9. The van der Waals surface area contributed by atoms with Gasteiger partial charge in [0.25, 0.3) is 0 Å². The van der Waals surface area contributed by atoms with E-state index in [9.17, 15) is 4.79 Å². The Hall–Kier alpha value is -1.94. The number of ether oxygens (including phenoxy) is 3. The molecular formula is C20H21IN2O4S. The van der Waals surface area contributed by atoms with Crippen LogP contribution in [-0.4, -0.2) is 36.4 Å². The van der Waals surface area contributed by atoms with Gasteiger partial charge in [-0.25, -0.2) is 9.79 Å². The average molecular weight is 512 g/mol. The number of rotatable bonds is 7. The summed E-state index contributed by atoms with van der Waals surface area (Å²) in [5.74, 6) is 0.893. The van der Waals surface area contributed by atoms with Crippen LogP contribution in [0.1, 0.15) is 25.5 Å². The SMILES string of the molecule is C=CCOc1c(I)cc([C@@H]2C(C(=O)OCC)=C(C)N=C3SC=CN32)cc1OC. The molecule has 0 bridgehead atoms. The summed E-state index contributed by atoms with van der Waals surface area (Å²) in [4.78, 5) is 19.3. The molecule has 0 aliphatic carbocycles. The Morgan fingerprint density at radius 2 is 2.25 bits per heavy atom. The van der Waals surface area contributed by atoms with Crippen molar-refractivity contribution >= 4 is 45.5 Å². The number of methoxy groups -OCH3 is 1. The Labute approximate surface area is 182 Å². The molecule has 0 radical (unpaired) electrons. The van der Waals surface area contributed by atoms with Gasteiger partial charge >= 0.3 is 5.97 Å². The summed E-state index contributed by atoms with van der Waals surface area (Å²) >= 11 is 3.74. The summed E-state index contributed by atoms with van der Waals surface area (Å²) in [6.07, 6.45) is 3.62. The van der Waals surface area contributed by atoms with Crippen molar-refractivity contribution in [2.45, 2.75) is 19.9 Å². The predicted molar refractivity (Wildman–Crippen MR) is 119 cm³/mol. The van der Waals surface area contributed by atoms with Crippen LogP contribution in [0, 0.1) is 3.57 Å². The summed E-state index contributed by atoms with van der Waals surface area (Å²) in [5.41, 5.74) is 2.08. The Morgan fingerprint density at radius 3 is 2.93 bits per heavy atom. The number of hydrogen-bond donors (Lipinski definition) is 0. The van der Waals surface area contributed by atoms with E-state index in [-0.39, 0.29) is 12.0 Å². The molecule has 0 fully saturated rings. The minimum atomic E-state index is -0.362. The number of amidine groups is 1. The molecule has 2 heterocycles. The second-order valence-electron chi connectivity index (χ2n) is 5.96. The van der Waals surface area contributed by atoms with Gasteiger partial charge in [-0.2, -0.15) is 0 Å². The van der Waals surface area contributed by atoms with Crippen molar-refractivity contribution in [3.05, 3.63) is 56.8 Å². The third-order valence-electron chi connectivity index (χ3n) is 4.23. The van der Waals surface area contributed by atoms with E-state index in [1.807, 2.05) is 35.6 Å². The van der Waals surface area contributed by atoms with E-state index >= 15 is 0 Å². The number of carbonyl (C=O) groups is 1. The van der Waals surface area contributed by atoms with Gasteiger partial charge in [-0.05, 0) is 59.5 Å². The van der Waals surface area contributed by atoms with Crippen LogP contribution in [0.4, 0.5) is 0 Å². The highest BCUT2D eigenvalue weighted by Gasteiger charge is 2.38. The minimum absolute atomic E-state index is 0.304. The molecule has 0 aromatic heterocycles. The van der Waals surface area contributed by atoms with E-state index in [1.54, 1.807) is 20.1 Å². The molecule has 0 saturated heterocycles. The van der Waals surface area contributed by atoms with Crippen LogP contribution < -0.4 is 9.47 Å². The van der Waals surface area contributed by atoms with Crippen molar-refractivity contribution in [3.63, 3.8) is 0 Å². The molecule has 1 aromatic carbocycles. The first kappa shape index (κ1) is 20.8. The topological polar surface area (TPSA) is 60.4 Å². The zero-order chi connectivity index (χ0) is 20.3. The largest absolute Gasteiger partial charge is 0.493 e. The zero-order valence-corrected chi connectivity index (χ0v) is 18.9. The van der Waals surface area contributed by atoms with Gasteiger partial charge < -0.3 is 19.1 Å². The van der Waals surface area contributed by atoms with Gasteiger partial charge in [0.1, 0.15) is 6.61 Å². The molecule has 6 nitrogen and oxygen atoms in total. The molecule has 0 unspecified atom stereocenters. The lowest BCUT2D eigenvalue weighted by molar-refractivity contribution is -0.139. The smallest absolute Gasteiger partial charge is 0.338 e. The maximum absolute atomic E-state index is 12.8. The second-order valence-corrected chi connectivity index (χ2v) is 8.00. The van der Waals surface area contributed by atoms with Crippen LogP contribution in [0.25, 0.3) is 0 Å². The molecule has 2 aliphatic rings. The molecule has 28 heavy (non-hydrogen) atoms. The van der Waals surface area contributed by atoms with Crippen molar-refractivity contribution in [2.24, 2.45) is 4.99 Å². The maximum atomic E-state index is 12.8. The molecular weight excluding hydrogens is 491 g/mol. The van der Waals surface area contributed by atoms with E-state index in [1.165, 1.54) is 11.8 Å². The highest BCUT2D eigenvalue weighted by Crippen LogP contribution is 2.44. The first-order valence-electron chi connectivity index (χ1n) is 8.71. The van der Waals surface area contributed by atoms with Gasteiger partial charge in [0.2, 0.25) is 0 Å². The first-order valence-corrected chi connectivity index (χ1v) is 10.7. The fourth-order valence-electron chi connectivity index (χ4n) is 3.08. The second kappa shape index (κ2) is 9.04. The number of halogens is 1. The summed E-state index contributed by atoms with van der Waals surface area (Å²) in [7, 11) is 1.60. The lowest BCUT2D eigenvalue weighted by atomic mass is 9.94. The van der Waals surface area contributed by atoms with Crippen molar-refractivity contribution in [2.75, 3.05) is 20.3 Å². The Balaban J connectivity index is 2.12. The monoisotopic (exact) mass is 512 g/mol. The lowest BCUT2D eigenvalue weighted by Gasteiger charge is -2.33. The fourth-order valence-corrected chi connectivity index (χ4v) is 4.65. The molecule has 0 saturated carbocycles. The van der Waals surface area contributed by atoms with Crippen LogP contribution in [0.5, 0.6) is 11.5 Å². The number of thioether (sulfide) groups is 1. The van der Waals surface area contributed by atoms with E-state index in [2.05, 4.69) is 34.2 Å². The third-order valence-corrected chi connectivity index (χ3v) is 5.80. The highest BCUT2D eigenvalue weighted by molar-refractivity contribution is 14.1. The fraction of sp³-hybridized carbons (Fsp3) is 0.300. The molecule has 0 amide bonds. The Kier molecular flexibility index (Phi) is 6.71. The number of hydrogen-bond acceptors (Lipinski definition) is 7. The molecule has 0 N–H and O–H groups in total. The number of esters is 1. The minimum Gasteiger partial charge on any atom is -0.493 e. The van der Waals surface area contributed by atoms with Crippen LogP contribution in [0.2, 0.25) is 0 Å². The van der Waals surface area contributed by atoms with Gasteiger partial charge in [0.05, 0.1) is 34.6 Å². The van der Waals surface area contributed by atoms with Crippen LogP contribution in [-0.2, 0) is 9.53 Å². The van der Waals surface area contributed by atoms with Gasteiger partial charge in [-0.1, -0.05) is 24.4 Å². The number of carbonyl (C=O) groups excluding carboxylic acids is 1. The van der Waals surface area contributed by atoms with E-state index < -0.39 is 0 Å². The number of fused-ring (bicyclic) bond motifs is 1. The molecule has 148 valence electrons. The Bertz CT molecular complexity index is 894. The van der Waals surface area contributed by atoms with Crippen LogP contribution >= 0.6 is 34.4 Å². The standard InChI is InChI=1S/C20H21IN2O4S/c1-5-8-27-18-14(21)10-13(11-15(18)25-4)17-16(19(24)26-6-2)12(3)22-20-23(17)7-9-28-20/h5,7,9-11,17H,1,6,8H2,2-4H3/t17-/m1/s1. The number of benzene rings is 1. The molecule has 8 heteroatoms. The van der Waals surface area contributed by atoms with Crippen LogP contribution in [0.15, 0.2) is 52.7 Å².